The molecule has 84 valence electrons. The van der Waals surface area contributed by atoms with Gasteiger partial charge in [0.15, 0.2) is 6.04 Å². The van der Waals surface area contributed by atoms with E-state index >= 15 is 0 Å². The lowest BCUT2D eigenvalue weighted by Gasteiger charge is -2.16. The van der Waals surface area contributed by atoms with Crippen molar-refractivity contribution in [1.82, 2.24) is 0 Å². The lowest BCUT2D eigenvalue weighted by atomic mass is 10.2. The van der Waals surface area contributed by atoms with Crippen LogP contribution in [0.2, 0.25) is 0 Å². The molecule has 2 unspecified atom stereocenters. The zero-order valence-corrected chi connectivity index (χ0v) is 8.58. The number of nitrogens with zero attached hydrogens (tertiary/aromatic N) is 3. The van der Waals surface area contributed by atoms with Gasteiger partial charge in [0.25, 0.3) is 0 Å². The van der Waals surface area contributed by atoms with Crippen LogP contribution in [0.3, 0.4) is 0 Å². The number of carbonyl (C=O) groups excluding carboxylic acids is 1. The fraction of sp³-hybridized carbons (Fsp3) is 0.750. The first-order valence-electron chi connectivity index (χ1n) is 4.49. The number of esters is 1. The van der Waals surface area contributed by atoms with E-state index in [4.69, 9.17) is 15.4 Å². The van der Waals surface area contributed by atoms with Gasteiger partial charge in [-0.3, -0.25) is 9.59 Å². The van der Waals surface area contributed by atoms with Gasteiger partial charge in [-0.05, 0) is 18.9 Å². The van der Waals surface area contributed by atoms with Gasteiger partial charge < -0.3 is 9.84 Å². The van der Waals surface area contributed by atoms with Crippen LogP contribution < -0.4 is 0 Å². The van der Waals surface area contributed by atoms with Crippen molar-refractivity contribution in [3.05, 3.63) is 10.4 Å². The van der Waals surface area contributed by atoms with Crippen molar-refractivity contribution in [3.63, 3.8) is 0 Å². The number of hydrogen-bond acceptors (Lipinski definition) is 4. The van der Waals surface area contributed by atoms with Gasteiger partial charge in [0.1, 0.15) is 6.10 Å². The first-order valence-corrected chi connectivity index (χ1v) is 4.49. The summed E-state index contributed by atoms with van der Waals surface area (Å²) in [6, 6.07) is -1.38. The molecule has 0 rings (SSSR count). The van der Waals surface area contributed by atoms with Gasteiger partial charge in [0.2, 0.25) is 0 Å². The van der Waals surface area contributed by atoms with E-state index in [1.807, 2.05) is 0 Å². The monoisotopic (exact) mass is 215 g/mol. The summed E-state index contributed by atoms with van der Waals surface area (Å²) in [5.41, 5.74) is 8.13. The fourth-order valence-corrected chi connectivity index (χ4v) is 0.935. The maximum absolute atomic E-state index is 11.0. The summed E-state index contributed by atoms with van der Waals surface area (Å²) in [6.45, 7) is 3.18. The smallest absolute Gasteiger partial charge is 0.316 e. The second-order valence-corrected chi connectivity index (χ2v) is 2.93. The Bertz CT molecular complexity index is 284. The zero-order chi connectivity index (χ0) is 11.8. The second kappa shape index (κ2) is 6.67. The van der Waals surface area contributed by atoms with Crippen LogP contribution in [-0.4, -0.2) is 29.2 Å². The normalized spacial score (nSPS) is 13.5. The van der Waals surface area contributed by atoms with Crippen LogP contribution in [0, 0.1) is 0 Å². The van der Waals surface area contributed by atoms with Crippen LogP contribution in [0.5, 0.6) is 0 Å². The molecule has 0 spiro atoms. The first-order chi connectivity index (χ1) is 7.02. The van der Waals surface area contributed by atoms with Crippen molar-refractivity contribution >= 4 is 11.9 Å². The van der Waals surface area contributed by atoms with Crippen LogP contribution in [0.15, 0.2) is 5.11 Å². The maximum atomic E-state index is 11.0. The van der Waals surface area contributed by atoms with E-state index < -0.39 is 24.1 Å². The molecule has 0 saturated carbocycles. The third kappa shape index (κ3) is 4.87. The van der Waals surface area contributed by atoms with E-state index in [0.717, 1.165) is 0 Å². The quantitative estimate of drug-likeness (QED) is 0.313. The molecule has 0 aliphatic heterocycles. The number of azide groups is 1. The van der Waals surface area contributed by atoms with Gasteiger partial charge >= 0.3 is 11.9 Å². The topological polar surface area (TPSA) is 112 Å². The molecular formula is C8H13N3O4. The molecule has 2 atom stereocenters. The Morgan fingerprint density at radius 1 is 1.60 bits per heavy atom. The zero-order valence-electron chi connectivity index (χ0n) is 8.58. The molecule has 0 fully saturated rings. The van der Waals surface area contributed by atoms with Crippen molar-refractivity contribution in [2.75, 3.05) is 0 Å². The van der Waals surface area contributed by atoms with Crippen LogP contribution in [0.25, 0.3) is 10.4 Å². The minimum Gasteiger partial charge on any atom is -0.481 e. The number of rotatable bonds is 6. The molecule has 0 aromatic heterocycles. The second-order valence-electron chi connectivity index (χ2n) is 2.93. The van der Waals surface area contributed by atoms with Crippen molar-refractivity contribution in [2.45, 2.75) is 38.8 Å². The van der Waals surface area contributed by atoms with Crippen LogP contribution >= 0.6 is 0 Å². The summed E-state index contributed by atoms with van der Waals surface area (Å²) < 4.78 is 4.78. The molecule has 7 heteroatoms. The molecule has 0 bridgehead atoms. The Kier molecular flexibility index (Phi) is 5.89. The molecule has 0 radical (unpaired) electrons. The third-order valence-corrected chi connectivity index (χ3v) is 1.65. The van der Waals surface area contributed by atoms with Crippen molar-refractivity contribution in [2.24, 2.45) is 5.11 Å². The van der Waals surface area contributed by atoms with E-state index in [9.17, 15) is 9.59 Å². The molecule has 0 amide bonds. The Labute approximate surface area is 86.7 Å². The Morgan fingerprint density at radius 2 is 2.20 bits per heavy atom. The van der Waals surface area contributed by atoms with E-state index in [0.29, 0.717) is 6.42 Å². The minimum atomic E-state index is -1.38. The fourth-order valence-electron chi connectivity index (χ4n) is 0.935. The highest BCUT2D eigenvalue weighted by atomic mass is 16.5. The lowest BCUT2D eigenvalue weighted by molar-refractivity contribution is -0.153. The van der Waals surface area contributed by atoms with Gasteiger partial charge in [-0.2, -0.15) is 0 Å². The van der Waals surface area contributed by atoms with Gasteiger partial charge in [0, 0.05) is 11.3 Å². The summed E-state index contributed by atoms with van der Waals surface area (Å²) in [6.07, 6.45) is -0.130. The number of carboxylic acids is 1. The lowest BCUT2D eigenvalue weighted by Crippen LogP contribution is -2.33. The first kappa shape index (κ1) is 13.2. The van der Waals surface area contributed by atoms with Gasteiger partial charge in [0.05, 0.1) is 0 Å². The van der Waals surface area contributed by atoms with Crippen molar-refractivity contribution in [1.29, 1.82) is 0 Å². The number of aliphatic carboxylic acids is 1. The number of carboxylic acid groups (broad SMARTS) is 1. The van der Waals surface area contributed by atoms with Gasteiger partial charge in [-0.25, -0.2) is 0 Å². The molecule has 0 saturated heterocycles. The Morgan fingerprint density at radius 3 is 2.60 bits per heavy atom. The van der Waals surface area contributed by atoms with Crippen LogP contribution in [-0.2, 0) is 14.3 Å². The largest absolute Gasteiger partial charge is 0.481 e. The minimum absolute atomic E-state index is 0.215. The highest BCUT2D eigenvalue weighted by Gasteiger charge is 2.26. The molecule has 0 aromatic rings. The van der Waals surface area contributed by atoms with E-state index in [2.05, 4.69) is 10.0 Å². The Hall–Kier alpha value is -1.75. The predicted octanol–water partition coefficient (Wildman–Crippen LogP) is 1.48. The highest BCUT2D eigenvalue weighted by molar-refractivity contribution is 5.75. The maximum Gasteiger partial charge on any atom is 0.316 e. The van der Waals surface area contributed by atoms with E-state index in [1.165, 1.54) is 6.92 Å². The summed E-state index contributed by atoms with van der Waals surface area (Å²) in [5.74, 6) is -1.81. The predicted molar refractivity (Wildman–Crippen MR) is 51.0 cm³/mol. The molecule has 7 nitrogen and oxygen atoms in total. The summed E-state index contributed by atoms with van der Waals surface area (Å²) in [7, 11) is 0. The van der Waals surface area contributed by atoms with E-state index in [1.54, 1.807) is 6.92 Å². The SMILES string of the molecule is CCCC(=O)OC(C)C(N=[N+]=[N-])C(=O)O. The third-order valence-electron chi connectivity index (χ3n) is 1.65. The number of hydrogen-bond donors (Lipinski definition) is 1. The highest BCUT2D eigenvalue weighted by Crippen LogP contribution is 2.06. The molecule has 0 heterocycles. The van der Waals surface area contributed by atoms with Crippen LogP contribution in [0.1, 0.15) is 26.7 Å². The molecule has 0 aliphatic rings. The standard InChI is InChI=1S/C8H13N3O4/c1-3-4-6(12)15-5(2)7(8(13)14)10-11-9/h5,7H,3-4H2,1-2H3,(H,13,14). The van der Waals surface area contributed by atoms with Gasteiger partial charge in [-0.1, -0.05) is 12.0 Å². The van der Waals surface area contributed by atoms with Crippen molar-refractivity contribution in [3.8, 4) is 0 Å². The molecule has 0 aliphatic carbocycles. The van der Waals surface area contributed by atoms with Crippen LogP contribution in [0.4, 0.5) is 0 Å². The Balaban J connectivity index is 4.38. The molecule has 0 aromatic carbocycles. The van der Waals surface area contributed by atoms with Crippen molar-refractivity contribution < 1.29 is 19.4 Å². The van der Waals surface area contributed by atoms with E-state index in [-0.39, 0.29) is 6.42 Å². The molecule has 1 N–H and O–H groups in total. The summed E-state index contributed by atoms with van der Waals surface area (Å²) >= 11 is 0. The average Bonchev–Trinajstić information content (AvgIpc) is 2.13. The summed E-state index contributed by atoms with van der Waals surface area (Å²) in [4.78, 5) is 24.0. The molecular weight excluding hydrogens is 202 g/mol. The summed E-state index contributed by atoms with van der Waals surface area (Å²) in [5, 5.41) is 11.7. The average molecular weight is 215 g/mol. The number of carbonyl (C=O) groups is 2. The van der Waals surface area contributed by atoms with Gasteiger partial charge in [-0.15, -0.1) is 0 Å². The molecule has 15 heavy (non-hydrogen) atoms. The number of ether oxygens (including phenoxy) is 1.